The van der Waals surface area contributed by atoms with E-state index in [4.69, 9.17) is 4.74 Å². The molecule has 0 fully saturated rings. The average Bonchev–Trinajstić information content (AvgIpc) is 2.30. The van der Waals surface area contributed by atoms with Crippen molar-refractivity contribution in [3.8, 4) is 0 Å². The molecule has 1 aromatic rings. The Morgan fingerprint density at radius 1 is 1.21 bits per heavy atom. The van der Waals surface area contributed by atoms with E-state index in [1.54, 1.807) is 7.11 Å². The summed E-state index contributed by atoms with van der Waals surface area (Å²) < 4.78 is 5.60. The second-order valence-electron chi connectivity index (χ2n) is 6.05. The van der Waals surface area contributed by atoms with Crippen molar-refractivity contribution in [1.82, 2.24) is 9.97 Å². The third-order valence-electron chi connectivity index (χ3n) is 3.21. The first-order valence-corrected chi connectivity index (χ1v) is 6.93. The average molecular weight is 265 g/mol. The fraction of sp³-hybridized carbons (Fsp3) is 0.733. The van der Waals surface area contributed by atoms with Crippen LogP contribution in [0.1, 0.15) is 57.3 Å². The molecule has 1 N–H and O–H groups in total. The van der Waals surface area contributed by atoms with Crippen LogP contribution in [0.2, 0.25) is 0 Å². The lowest BCUT2D eigenvalue weighted by molar-refractivity contribution is 0.00863. The van der Waals surface area contributed by atoms with E-state index in [2.05, 4.69) is 49.9 Å². The van der Waals surface area contributed by atoms with E-state index in [0.717, 1.165) is 35.9 Å². The molecular weight excluding hydrogens is 238 g/mol. The van der Waals surface area contributed by atoms with Gasteiger partial charge in [0.05, 0.1) is 0 Å². The Balaban J connectivity index is 3.18. The van der Waals surface area contributed by atoms with Gasteiger partial charge in [-0.3, -0.25) is 0 Å². The zero-order chi connectivity index (χ0) is 14.6. The van der Waals surface area contributed by atoms with Gasteiger partial charge in [0.25, 0.3) is 0 Å². The van der Waals surface area contributed by atoms with Gasteiger partial charge in [-0.05, 0) is 25.7 Å². The molecule has 0 aliphatic rings. The summed E-state index contributed by atoms with van der Waals surface area (Å²) in [5.74, 6) is 1.69. The minimum atomic E-state index is -0.103. The first kappa shape index (κ1) is 15.9. The fourth-order valence-electron chi connectivity index (χ4n) is 2.03. The lowest BCUT2D eigenvalue weighted by atomic mass is 9.88. The molecule has 1 heterocycles. The second kappa shape index (κ2) is 6.33. The van der Waals surface area contributed by atoms with E-state index in [9.17, 15) is 0 Å². The van der Waals surface area contributed by atoms with E-state index in [0.29, 0.717) is 0 Å². The Labute approximate surface area is 117 Å². The maximum atomic E-state index is 5.60. The van der Waals surface area contributed by atoms with Crippen molar-refractivity contribution in [1.29, 1.82) is 0 Å². The van der Waals surface area contributed by atoms with E-state index in [1.165, 1.54) is 0 Å². The van der Waals surface area contributed by atoms with Crippen molar-refractivity contribution >= 4 is 5.82 Å². The molecule has 0 spiro atoms. The lowest BCUT2D eigenvalue weighted by Gasteiger charge is -2.28. The number of hydrogen-bond donors (Lipinski definition) is 1. The van der Waals surface area contributed by atoms with Crippen LogP contribution in [0, 0.1) is 19.3 Å². The number of nitrogens with one attached hydrogen (secondary N) is 1. The van der Waals surface area contributed by atoms with Crippen LogP contribution < -0.4 is 5.32 Å². The molecule has 0 aromatic carbocycles. The van der Waals surface area contributed by atoms with Crippen LogP contribution in [0.3, 0.4) is 0 Å². The smallest absolute Gasteiger partial charge is 0.160 e. The fourth-order valence-corrected chi connectivity index (χ4v) is 2.03. The Kier molecular flexibility index (Phi) is 5.29. The van der Waals surface area contributed by atoms with Crippen LogP contribution in [-0.2, 0) is 4.74 Å². The topological polar surface area (TPSA) is 47.0 Å². The van der Waals surface area contributed by atoms with Gasteiger partial charge in [0.1, 0.15) is 11.9 Å². The molecule has 4 nitrogen and oxygen atoms in total. The minimum Gasteiger partial charge on any atom is -0.373 e. The monoisotopic (exact) mass is 265 g/mol. The number of aryl methyl sites for hydroxylation is 1. The summed E-state index contributed by atoms with van der Waals surface area (Å²) >= 11 is 0. The molecule has 108 valence electrons. The third kappa shape index (κ3) is 3.90. The molecule has 0 amide bonds. The van der Waals surface area contributed by atoms with Crippen LogP contribution in [0.4, 0.5) is 5.82 Å². The molecule has 0 saturated heterocycles. The summed E-state index contributed by atoms with van der Waals surface area (Å²) in [7, 11) is 1.72. The summed E-state index contributed by atoms with van der Waals surface area (Å²) in [5, 5.41) is 3.37. The maximum absolute atomic E-state index is 5.60. The van der Waals surface area contributed by atoms with Crippen molar-refractivity contribution in [2.24, 2.45) is 5.41 Å². The van der Waals surface area contributed by atoms with Crippen LogP contribution in [-0.4, -0.2) is 23.6 Å². The second-order valence-corrected chi connectivity index (χ2v) is 6.05. The summed E-state index contributed by atoms with van der Waals surface area (Å²) in [4.78, 5) is 9.26. The highest BCUT2D eigenvalue weighted by atomic mass is 16.5. The highest BCUT2D eigenvalue weighted by Gasteiger charge is 2.29. The van der Waals surface area contributed by atoms with Crippen molar-refractivity contribution in [2.45, 2.75) is 54.1 Å². The number of anilines is 1. The number of hydrogen-bond acceptors (Lipinski definition) is 4. The zero-order valence-corrected chi connectivity index (χ0v) is 13.3. The molecule has 1 atom stereocenters. The number of nitrogens with zero attached hydrogens (tertiary/aromatic N) is 2. The number of methoxy groups -OCH3 is 1. The van der Waals surface area contributed by atoms with Crippen LogP contribution >= 0.6 is 0 Å². The van der Waals surface area contributed by atoms with Gasteiger partial charge in [0.15, 0.2) is 5.82 Å². The molecule has 4 heteroatoms. The zero-order valence-electron chi connectivity index (χ0n) is 13.3. The largest absolute Gasteiger partial charge is 0.373 e. The summed E-state index contributed by atoms with van der Waals surface area (Å²) in [6, 6.07) is 0. The van der Waals surface area contributed by atoms with E-state index < -0.39 is 0 Å². The quantitative estimate of drug-likeness (QED) is 0.882. The summed E-state index contributed by atoms with van der Waals surface area (Å²) in [6.07, 6.45) is 0.971. The van der Waals surface area contributed by atoms with Gasteiger partial charge in [0.2, 0.25) is 0 Å². The Morgan fingerprint density at radius 2 is 1.84 bits per heavy atom. The van der Waals surface area contributed by atoms with Crippen molar-refractivity contribution in [3.05, 3.63) is 17.1 Å². The van der Waals surface area contributed by atoms with Gasteiger partial charge in [-0.1, -0.05) is 27.7 Å². The van der Waals surface area contributed by atoms with Gasteiger partial charge in [-0.25, -0.2) is 9.97 Å². The predicted octanol–water partition coefficient (Wildman–Crippen LogP) is 3.65. The van der Waals surface area contributed by atoms with Crippen molar-refractivity contribution < 1.29 is 4.74 Å². The molecule has 0 bridgehead atoms. The van der Waals surface area contributed by atoms with Crippen LogP contribution in [0.15, 0.2) is 0 Å². The molecular formula is C15H27N3O. The van der Waals surface area contributed by atoms with Gasteiger partial charge in [0, 0.05) is 24.9 Å². The third-order valence-corrected chi connectivity index (χ3v) is 3.21. The van der Waals surface area contributed by atoms with Gasteiger partial charge in [-0.15, -0.1) is 0 Å². The molecule has 1 rings (SSSR count). The van der Waals surface area contributed by atoms with Crippen molar-refractivity contribution in [3.63, 3.8) is 0 Å². The van der Waals surface area contributed by atoms with E-state index in [-0.39, 0.29) is 11.5 Å². The van der Waals surface area contributed by atoms with E-state index in [1.807, 2.05) is 6.92 Å². The number of rotatable bonds is 5. The Hall–Kier alpha value is -1.16. The minimum absolute atomic E-state index is 0.0293. The van der Waals surface area contributed by atoms with Gasteiger partial charge < -0.3 is 10.1 Å². The standard InChI is InChI=1S/C15H27N3O/c1-8-9-16-13-10(2)11(3)17-14(18-13)12(19-7)15(4,5)6/h12H,8-9H2,1-7H3,(H,16,17,18). The lowest BCUT2D eigenvalue weighted by Crippen LogP contribution is -2.23. The van der Waals surface area contributed by atoms with Gasteiger partial charge >= 0.3 is 0 Å². The molecule has 0 radical (unpaired) electrons. The molecule has 0 aliphatic heterocycles. The van der Waals surface area contributed by atoms with Crippen molar-refractivity contribution in [2.75, 3.05) is 19.0 Å². The molecule has 1 unspecified atom stereocenters. The maximum Gasteiger partial charge on any atom is 0.160 e. The van der Waals surface area contributed by atoms with Crippen LogP contribution in [0.5, 0.6) is 0 Å². The highest BCUT2D eigenvalue weighted by molar-refractivity contribution is 5.45. The summed E-state index contributed by atoms with van der Waals surface area (Å²) in [6.45, 7) is 13.5. The predicted molar refractivity (Wildman–Crippen MR) is 79.5 cm³/mol. The number of aromatic nitrogens is 2. The Morgan fingerprint density at radius 3 is 2.32 bits per heavy atom. The Bertz CT molecular complexity index is 424. The number of ether oxygens (including phenoxy) is 1. The van der Waals surface area contributed by atoms with Gasteiger partial charge in [-0.2, -0.15) is 0 Å². The molecule has 1 aromatic heterocycles. The van der Waals surface area contributed by atoms with Crippen LogP contribution in [0.25, 0.3) is 0 Å². The first-order valence-electron chi connectivity index (χ1n) is 6.93. The SMILES string of the molecule is CCCNc1nc(C(OC)C(C)(C)C)nc(C)c1C. The summed E-state index contributed by atoms with van der Waals surface area (Å²) in [5.41, 5.74) is 2.09. The van der Waals surface area contributed by atoms with E-state index >= 15 is 0 Å². The highest BCUT2D eigenvalue weighted by Crippen LogP contribution is 2.34. The molecule has 0 saturated carbocycles. The molecule has 19 heavy (non-hydrogen) atoms. The molecule has 0 aliphatic carbocycles. The first-order chi connectivity index (χ1) is 8.81. The normalized spacial score (nSPS) is 13.4.